The van der Waals surface area contributed by atoms with Gasteiger partial charge in [0.05, 0.1) is 18.9 Å². The SMILES string of the molecule is CN(CC1CCCN1)c1ccc2c(n1)COC2. The van der Waals surface area contributed by atoms with E-state index in [1.807, 2.05) is 0 Å². The predicted octanol–water partition coefficient (Wildman–Crippen LogP) is 1.30. The standard InChI is InChI=1S/C13H19N3O/c1-16(7-11-3-2-6-14-11)13-5-4-10-8-17-9-12(10)15-13/h4-5,11,14H,2-3,6-9H2,1H3. The van der Waals surface area contributed by atoms with Crippen molar-refractivity contribution in [3.63, 3.8) is 0 Å². The van der Waals surface area contributed by atoms with Gasteiger partial charge in [-0.2, -0.15) is 0 Å². The normalized spacial score (nSPS) is 22.8. The van der Waals surface area contributed by atoms with Crippen molar-refractivity contribution >= 4 is 5.82 Å². The number of likely N-dealkylation sites (N-methyl/N-ethyl adjacent to an activating group) is 1. The molecule has 1 saturated heterocycles. The second-order valence-electron chi connectivity index (χ2n) is 4.94. The molecule has 17 heavy (non-hydrogen) atoms. The Bertz CT molecular complexity index is 402. The third-order valence-corrected chi connectivity index (χ3v) is 3.60. The van der Waals surface area contributed by atoms with E-state index in [-0.39, 0.29) is 0 Å². The van der Waals surface area contributed by atoms with Crippen LogP contribution in [0, 0.1) is 0 Å². The minimum Gasteiger partial charge on any atom is -0.370 e. The maximum Gasteiger partial charge on any atom is 0.128 e. The molecule has 0 spiro atoms. The number of nitrogens with one attached hydrogen (secondary N) is 1. The summed E-state index contributed by atoms with van der Waals surface area (Å²) >= 11 is 0. The van der Waals surface area contributed by atoms with Gasteiger partial charge >= 0.3 is 0 Å². The largest absolute Gasteiger partial charge is 0.370 e. The van der Waals surface area contributed by atoms with Gasteiger partial charge in [-0.15, -0.1) is 0 Å². The van der Waals surface area contributed by atoms with Crippen molar-refractivity contribution in [3.8, 4) is 0 Å². The van der Waals surface area contributed by atoms with Gasteiger partial charge in [-0.05, 0) is 25.5 Å². The lowest BCUT2D eigenvalue weighted by Crippen LogP contribution is -2.35. The van der Waals surface area contributed by atoms with Crippen molar-refractivity contribution in [2.75, 3.05) is 25.0 Å². The topological polar surface area (TPSA) is 37.4 Å². The average molecular weight is 233 g/mol. The molecule has 1 atom stereocenters. The van der Waals surface area contributed by atoms with Gasteiger partial charge in [-0.1, -0.05) is 6.07 Å². The molecule has 0 bridgehead atoms. The highest BCUT2D eigenvalue weighted by atomic mass is 16.5. The number of ether oxygens (including phenoxy) is 1. The van der Waals surface area contributed by atoms with Crippen LogP contribution >= 0.6 is 0 Å². The molecule has 3 rings (SSSR count). The first-order valence-corrected chi connectivity index (χ1v) is 6.34. The van der Waals surface area contributed by atoms with Crippen LogP contribution in [0.25, 0.3) is 0 Å². The Kier molecular flexibility index (Phi) is 2.99. The molecule has 2 aliphatic heterocycles. The van der Waals surface area contributed by atoms with Crippen LogP contribution in [0.15, 0.2) is 12.1 Å². The number of fused-ring (bicyclic) bond motifs is 1. The molecule has 1 N–H and O–H groups in total. The fourth-order valence-electron chi connectivity index (χ4n) is 2.58. The number of anilines is 1. The van der Waals surface area contributed by atoms with E-state index in [0.717, 1.165) is 31.2 Å². The first-order valence-electron chi connectivity index (χ1n) is 6.34. The van der Waals surface area contributed by atoms with Crippen LogP contribution in [0.4, 0.5) is 5.82 Å². The number of nitrogens with zero attached hydrogens (tertiary/aromatic N) is 2. The van der Waals surface area contributed by atoms with E-state index in [2.05, 4.69) is 34.4 Å². The summed E-state index contributed by atoms with van der Waals surface area (Å²) in [6.45, 7) is 3.58. The Balaban J connectivity index is 1.70. The van der Waals surface area contributed by atoms with Crippen molar-refractivity contribution in [1.29, 1.82) is 0 Å². The van der Waals surface area contributed by atoms with Crippen LogP contribution in [0.2, 0.25) is 0 Å². The van der Waals surface area contributed by atoms with Crippen molar-refractivity contribution in [2.24, 2.45) is 0 Å². The van der Waals surface area contributed by atoms with Crippen molar-refractivity contribution in [3.05, 3.63) is 23.4 Å². The third-order valence-electron chi connectivity index (χ3n) is 3.60. The fraction of sp³-hybridized carbons (Fsp3) is 0.615. The molecule has 1 unspecified atom stereocenters. The molecule has 2 aliphatic rings. The summed E-state index contributed by atoms with van der Waals surface area (Å²) in [6.07, 6.45) is 2.57. The quantitative estimate of drug-likeness (QED) is 0.854. The average Bonchev–Trinajstić information content (AvgIpc) is 2.97. The molecule has 4 nitrogen and oxygen atoms in total. The summed E-state index contributed by atoms with van der Waals surface area (Å²) in [7, 11) is 2.12. The van der Waals surface area contributed by atoms with Crippen molar-refractivity contribution in [1.82, 2.24) is 10.3 Å². The van der Waals surface area contributed by atoms with Crippen LogP contribution < -0.4 is 10.2 Å². The van der Waals surface area contributed by atoms with E-state index in [1.165, 1.54) is 18.4 Å². The Morgan fingerprint density at radius 2 is 2.41 bits per heavy atom. The molecule has 92 valence electrons. The molecule has 1 aromatic rings. The maximum atomic E-state index is 5.39. The van der Waals surface area contributed by atoms with Crippen LogP contribution in [0.1, 0.15) is 24.1 Å². The molecule has 3 heterocycles. The smallest absolute Gasteiger partial charge is 0.128 e. The zero-order chi connectivity index (χ0) is 11.7. The second kappa shape index (κ2) is 4.63. The molecule has 0 aliphatic carbocycles. The van der Waals surface area contributed by atoms with E-state index in [0.29, 0.717) is 12.6 Å². The second-order valence-corrected chi connectivity index (χ2v) is 4.94. The molecular weight excluding hydrogens is 214 g/mol. The lowest BCUT2D eigenvalue weighted by molar-refractivity contribution is 0.133. The van der Waals surface area contributed by atoms with E-state index in [9.17, 15) is 0 Å². The first kappa shape index (κ1) is 11.0. The summed E-state index contributed by atoms with van der Waals surface area (Å²) in [4.78, 5) is 6.91. The zero-order valence-electron chi connectivity index (χ0n) is 10.3. The fourth-order valence-corrected chi connectivity index (χ4v) is 2.58. The summed E-state index contributed by atoms with van der Waals surface area (Å²) in [5.41, 5.74) is 2.34. The third kappa shape index (κ3) is 2.28. The van der Waals surface area contributed by atoms with E-state index in [1.54, 1.807) is 0 Å². The number of hydrogen-bond donors (Lipinski definition) is 1. The molecular formula is C13H19N3O. The van der Waals surface area contributed by atoms with Gasteiger partial charge in [-0.25, -0.2) is 4.98 Å². The molecule has 0 amide bonds. The molecule has 0 radical (unpaired) electrons. The molecule has 1 fully saturated rings. The van der Waals surface area contributed by atoms with Gasteiger partial charge in [0.2, 0.25) is 0 Å². The zero-order valence-corrected chi connectivity index (χ0v) is 10.3. The Morgan fingerprint density at radius 1 is 1.47 bits per heavy atom. The highest BCUT2D eigenvalue weighted by Crippen LogP contribution is 2.21. The Hall–Kier alpha value is -1.13. The highest BCUT2D eigenvalue weighted by molar-refractivity contribution is 5.41. The van der Waals surface area contributed by atoms with Gasteiger partial charge in [0.25, 0.3) is 0 Å². The van der Waals surface area contributed by atoms with Gasteiger partial charge in [0.1, 0.15) is 5.82 Å². The predicted molar refractivity (Wildman–Crippen MR) is 67.0 cm³/mol. The van der Waals surface area contributed by atoms with Gasteiger partial charge in [0.15, 0.2) is 0 Å². The molecule has 0 aromatic carbocycles. The lowest BCUT2D eigenvalue weighted by Gasteiger charge is -2.22. The highest BCUT2D eigenvalue weighted by Gasteiger charge is 2.18. The van der Waals surface area contributed by atoms with E-state index >= 15 is 0 Å². The molecule has 4 heteroatoms. The van der Waals surface area contributed by atoms with Gasteiger partial charge in [-0.3, -0.25) is 0 Å². The number of aromatic nitrogens is 1. The number of rotatable bonds is 3. The monoisotopic (exact) mass is 233 g/mol. The van der Waals surface area contributed by atoms with Crippen molar-refractivity contribution in [2.45, 2.75) is 32.1 Å². The van der Waals surface area contributed by atoms with Crippen LogP contribution in [0.3, 0.4) is 0 Å². The van der Waals surface area contributed by atoms with Gasteiger partial charge in [0, 0.05) is 25.2 Å². The summed E-state index contributed by atoms with van der Waals surface area (Å²) in [5, 5.41) is 3.52. The minimum absolute atomic E-state index is 0.617. The maximum absolute atomic E-state index is 5.39. The number of pyridine rings is 1. The molecule has 1 aromatic heterocycles. The van der Waals surface area contributed by atoms with E-state index < -0.39 is 0 Å². The Labute approximate surface area is 102 Å². The minimum atomic E-state index is 0.617. The molecule has 0 saturated carbocycles. The van der Waals surface area contributed by atoms with Gasteiger partial charge < -0.3 is 15.0 Å². The lowest BCUT2D eigenvalue weighted by atomic mass is 10.2. The van der Waals surface area contributed by atoms with E-state index in [4.69, 9.17) is 4.74 Å². The van der Waals surface area contributed by atoms with Crippen molar-refractivity contribution < 1.29 is 4.74 Å². The van der Waals surface area contributed by atoms with Crippen LogP contribution in [-0.4, -0.2) is 31.2 Å². The van der Waals surface area contributed by atoms with Crippen LogP contribution in [0.5, 0.6) is 0 Å². The summed E-state index contributed by atoms with van der Waals surface area (Å²) < 4.78 is 5.39. The number of hydrogen-bond acceptors (Lipinski definition) is 4. The van der Waals surface area contributed by atoms with Crippen LogP contribution in [-0.2, 0) is 18.0 Å². The summed E-state index contributed by atoms with van der Waals surface area (Å²) in [5.74, 6) is 1.06. The summed E-state index contributed by atoms with van der Waals surface area (Å²) in [6, 6.07) is 4.86. The first-order chi connectivity index (χ1) is 8.33. The Morgan fingerprint density at radius 3 is 3.24 bits per heavy atom.